The second kappa shape index (κ2) is 5.13. The van der Waals surface area contributed by atoms with Crippen molar-refractivity contribution < 1.29 is 4.79 Å². The number of piperidine rings is 2. The number of aromatic nitrogens is 2. The number of nitrogens with zero attached hydrogens (tertiary/aromatic N) is 4. The van der Waals surface area contributed by atoms with Crippen LogP contribution in [0.15, 0.2) is 12.4 Å². The lowest BCUT2D eigenvalue weighted by molar-refractivity contribution is -0.140. The summed E-state index contributed by atoms with van der Waals surface area (Å²) in [4.78, 5) is 25.2. The monoisotopic (exact) mass is 306 g/mol. The summed E-state index contributed by atoms with van der Waals surface area (Å²) < 4.78 is 0. The molecule has 2 unspecified atom stereocenters. The van der Waals surface area contributed by atoms with E-state index < -0.39 is 0 Å². The molecule has 1 amide bonds. The number of hydrogen-bond acceptors (Lipinski definition) is 4. The molecule has 1 aliphatic carbocycles. The quantitative estimate of drug-likeness (QED) is 0.840. The molecule has 2 aliphatic heterocycles. The summed E-state index contributed by atoms with van der Waals surface area (Å²) >= 11 is 5.94. The van der Waals surface area contributed by atoms with Crippen molar-refractivity contribution in [2.24, 2.45) is 5.92 Å². The molecule has 2 saturated heterocycles. The molecule has 21 heavy (non-hydrogen) atoms. The number of likely N-dealkylation sites (tertiary alicyclic amines) is 1. The van der Waals surface area contributed by atoms with Gasteiger partial charge in [0.05, 0.1) is 12.4 Å². The van der Waals surface area contributed by atoms with Gasteiger partial charge in [0.25, 0.3) is 0 Å². The van der Waals surface area contributed by atoms with Crippen LogP contribution in [0.4, 0.5) is 5.82 Å². The van der Waals surface area contributed by atoms with E-state index in [1.807, 2.05) is 0 Å². The molecule has 0 spiro atoms. The molecule has 3 fully saturated rings. The third kappa shape index (κ3) is 2.48. The molecular weight excluding hydrogens is 288 g/mol. The van der Waals surface area contributed by atoms with Crippen molar-refractivity contribution in [2.75, 3.05) is 18.0 Å². The Bertz CT molecular complexity index is 562. The second-order valence-electron chi connectivity index (χ2n) is 6.33. The van der Waals surface area contributed by atoms with E-state index in [9.17, 15) is 4.79 Å². The highest BCUT2D eigenvalue weighted by Gasteiger charge is 2.45. The Kier molecular flexibility index (Phi) is 3.25. The van der Waals surface area contributed by atoms with Crippen LogP contribution in [-0.2, 0) is 4.79 Å². The van der Waals surface area contributed by atoms with E-state index in [1.54, 1.807) is 12.4 Å². The number of carbonyl (C=O) groups excluding carboxylic acids is 1. The van der Waals surface area contributed by atoms with E-state index in [-0.39, 0.29) is 0 Å². The predicted octanol–water partition coefficient (Wildman–Crippen LogP) is 2.11. The van der Waals surface area contributed by atoms with Crippen LogP contribution in [0.5, 0.6) is 0 Å². The fourth-order valence-electron chi connectivity index (χ4n) is 3.81. The number of anilines is 1. The third-order valence-corrected chi connectivity index (χ3v) is 5.11. The fraction of sp³-hybridized carbons (Fsp3) is 0.667. The first kappa shape index (κ1) is 13.3. The fourth-order valence-corrected chi connectivity index (χ4v) is 3.96. The van der Waals surface area contributed by atoms with Crippen LogP contribution in [0.1, 0.15) is 32.1 Å². The van der Waals surface area contributed by atoms with E-state index in [2.05, 4.69) is 19.8 Å². The highest BCUT2D eigenvalue weighted by atomic mass is 35.5. The molecule has 5 nitrogen and oxygen atoms in total. The average Bonchev–Trinajstić information content (AvgIpc) is 3.31. The summed E-state index contributed by atoms with van der Waals surface area (Å²) in [5.41, 5.74) is 0. The molecule has 112 valence electrons. The number of amides is 1. The van der Waals surface area contributed by atoms with Gasteiger partial charge in [-0.1, -0.05) is 11.6 Å². The summed E-state index contributed by atoms with van der Waals surface area (Å²) in [6.45, 7) is 1.88. The van der Waals surface area contributed by atoms with Gasteiger partial charge in [0.1, 0.15) is 11.0 Å². The van der Waals surface area contributed by atoms with Crippen LogP contribution in [0, 0.1) is 5.92 Å². The van der Waals surface area contributed by atoms with Gasteiger partial charge in [0.15, 0.2) is 0 Å². The predicted molar refractivity (Wildman–Crippen MR) is 80.3 cm³/mol. The van der Waals surface area contributed by atoms with E-state index in [4.69, 9.17) is 11.6 Å². The minimum atomic E-state index is 0.370. The maximum Gasteiger partial charge on any atom is 0.223 e. The van der Waals surface area contributed by atoms with Crippen molar-refractivity contribution in [1.82, 2.24) is 14.9 Å². The number of halogens is 1. The lowest BCUT2D eigenvalue weighted by Crippen LogP contribution is -2.56. The van der Waals surface area contributed by atoms with Crippen LogP contribution in [-0.4, -0.2) is 45.9 Å². The molecule has 2 atom stereocenters. The topological polar surface area (TPSA) is 49.3 Å². The van der Waals surface area contributed by atoms with Gasteiger partial charge < -0.3 is 9.80 Å². The van der Waals surface area contributed by atoms with E-state index in [0.717, 1.165) is 31.7 Å². The van der Waals surface area contributed by atoms with Crippen molar-refractivity contribution in [1.29, 1.82) is 0 Å². The zero-order valence-electron chi connectivity index (χ0n) is 11.9. The highest BCUT2D eigenvalue weighted by molar-refractivity contribution is 6.29. The van der Waals surface area contributed by atoms with Crippen molar-refractivity contribution in [3.8, 4) is 0 Å². The van der Waals surface area contributed by atoms with Crippen LogP contribution >= 0.6 is 11.6 Å². The molecule has 1 saturated carbocycles. The molecule has 0 bridgehead atoms. The molecule has 0 radical (unpaired) electrons. The van der Waals surface area contributed by atoms with Crippen molar-refractivity contribution in [2.45, 2.75) is 44.2 Å². The van der Waals surface area contributed by atoms with E-state index in [1.165, 1.54) is 12.8 Å². The average molecular weight is 307 g/mol. The molecule has 1 aromatic heterocycles. The Hall–Kier alpha value is -1.36. The summed E-state index contributed by atoms with van der Waals surface area (Å²) in [6.07, 6.45) is 8.45. The first-order valence-corrected chi connectivity index (χ1v) is 8.14. The third-order valence-electron chi connectivity index (χ3n) is 4.92. The Morgan fingerprint density at radius 2 is 2.05 bits per heavy atom. The SMILES string of the molecule is O=C1CCC2CN(c3cncc(Cl)n3)CCC2N1C1CC1. The smallest absolute Gasteiger partial charge is 0.223 e. The van der Waals surface area contributed by atoms with Crippen molar-refractivity contribution in [3.05, 3.63) is 17.5 Å². The minimum absolute atomic E-state index is 0.370. The second-order valence-corrected chi connectivity index (χ2v) is 6.72. The number of rotatable bonds is 2. The van der Waals surface area contributed by atoms with Gasteiger partial charge in [0, 0.05) is 31.6 Å². The summed E-state index contributed by atoms with van der Waals surface area (Å²) in [5, 5.41) is 0.438. The summed E-state index contributed by atoms with van der Waals surface area (Å²) in [7, 11) is 0. The van der Waals surface area contributed by atoms with Crippen molar-refractivity contribution >= 4 is 23.3 Å². The maximum atomic E-state index is 12.2. The highest BCUT2D eigenvalue weighted by Crippen LogP contribution is 2.39. The normalized spacial score (nSPS) is 29.5. The largest absolute Gasteiger partial charge is 0.355 e. The maximum absolute atomic E-state index is 12.2. The van der Waals surface area contributed by atoms with Gasteiger partial charge in [-0.25, -0.2) is 4.98 Å². The van der Waals surface area contributed by atoms with Gasteiger partial charge in [-0.2, -0.15) is 0 Å². The van der Waals surface area contributed by atoms with Gasteiger partial charge in [0.2, 0.25) is 5.91 Å². The first-order valence-electron chi connectivity index (χ1n) is 7.76. The number of carbonyl (C=O) groups is 1. The lowest BCUT2D eigenvalue weighted by atomic mass is 9.83. The van der Waals surface area contributed by atoms with E-state index >= 15 is 0 Å². The Labute approximate surface area is 129 Å². The Balaban J connectivity index is 1.52. The molecule has 3 aliphatic rings. The first-order chi connectivity index (χ1) is 10.2. The Morgan fingerprint density at radius 3 is 2.81 bits per heavy atom. The van der Waals surface area contributed by atoms with E-state index in [0.29, 0.717) is 35.5 Å². The van der Waals surface area contributed by atoms with Crippen LogP contribution in [0.25, 0.3) is 0 Å². The number of hydrogen-bond donors (Lipinski definition) is 0. The molecule has 1 aromatic rings. The minimum Gasteiger partial charge on any atom is -0.355 e. The van der Waals surface area contributed by atoms with Crippen LogP contribution in [0.3, 0.4) is 0 Å². The Morgan fingerprint density at radius 1 is 1.19 bits per heavy atom. The standard InChI is InChI=1S/C15H19ClN4O/c16-13-7-17-8-14(18-13)19-6-5-12-10(9-19)1-4-15(21)20(12)11-2-3-11/h7-8,10-12H,1-6,9H2. The van der Waals surface area contributed by atoms with Gasteiger partial charge >= 0.3 is 0 Å². The molecule has 0 aromatic carbocycles. The van der Waals surface area contributed by atoms with Gasteiger partial charge in [-0.05, 0) is 31.6 Å². The lowest BCUT2D eigenvalue weighted by Gasteiger charge is -2.47. The zero-order valence-corrected chi connectivity index (χ0v) is 12.7. The van der Waals surface area contributed by atoms with Gasteiger partial charge in [-0.3, -0.25) is 9.78 Å². The molecule has 0 N–H and O–H groups in total. The van der Waals surface area contributed by atoms with Crippen molar-refractivity contribution in [3.63, 3.8) is 0 Å². The summed E-state index contributed by atoms with van der Waals surface area (Å²) in [5.74, 6) is 1.78. The molecule has 3 heterocycles. The van der Waals surface area contributed by atoms with Crippen LogP contribution in [0.2, 0.25) is 5.15 Å². The zero-order chi connectivity index (χ0) is 14.4. The van der Waals surface area contributed by atoms with Crippen LogP contribution < -0.4 is 4.90 Å². The molecular formula is C15H19ClN4O. The molecule has 6 heteroatoms. The number of fused-ring (bicyclic) bond motifs is 1. The van der Waals surface area contributed by atoms with Gasteiger partial charge in [-0.15, -0.1) is 0 Å². The summed E-state index contributed by atoms with van der Waals surface area (Å²) in [6, 6.07) is 0.963. The molecule has 4 rings (SSSR count).